The van der Waals surface area contributed by atoms with Gasteiger partial charge in [-0.3, -0.25) is 11.5 Å². The summed E-state index contributed by atoms with van der Waals surface area (Å²) in [6, 6.07) is 0. The quantitative estimate of drug-likeness (QED) is 0.444. The molecule has 0 amide bonds. The number of halogens is 2. The van der Waals surface area contributed by atoms with Crippen LogP contribution in [0.3, 0.4) is 0 Å². The predicted octanol–water partition coefficient (Wildman–Crippen LogP) is 0.420. The third kappa shape index (κ3) is 2.65. The van der Waals surface area contributed by atoms with Crippen LogP contribution in [0, 0.1) is 0 Å². The molecular formula is C7H8Br2N6. The summed E-state index contributed by atoms with van der Waals surface area (Å²) in [6.45, 7) is 0. The molecule has 0 atom stereocenters. The predicted molar refractivity (Wildman–Crippen MR) is 64.4 cm³/mol. The third-order valence-electron chi connectivity index (χ3n) is 1.62. The Kier molecular flexibility index (Phi) is 3.66. The molecule has 0 fully saturated rings. The fourth-order valence-electron chi connectivity index (χ4n) is 0.960. The van der Waals surface area contributed by atoms with Crippen LogP contribution in [-0.2, 0) is 4.57 Å². The molecule has 0 saturated carbocycles. The lowest BCUT2D eigenvalue weighted by atomic mass is 10.3. The Balaban J connectivity index is 0.00000112. The Labute approximate surface area is 104 Å². The number of alkyl halides is 1. The molecule has 0 aliphatic heterocycles. The molecule has 2 rings (SSSR count). The second-order valence-corrected chi connectivity index (χ2v) is 4.07. The highest BCUT2D eigenvalue weighted by Gasteiger charge is 2.19. The molecule has 2 heterocycles. The molecule has 15 heavy (non-hydrogen) atoms. The smallest absolute Gasteiger partial charge is 0.181 e. The Hall–Kier alpha value is -0.700. The van der Waals surface area contributed by atoms with E-state index in [1.54, 1.807) is 6.20 Å². The summed E-state index contributed by atoms with van der Waals surface area (Å²) in [7, 11) is 0. The number of hydrogen-bond acceptors (Lipinski definition) is 6. The minimum absolute atomic E-state index is 0. The molecule has 0 aliphatic carbocycles. The maximum atomic E-state index is 5.60. The van der Waals surface area contributed by atoms with E-state index in [0.29, 0.717) is 16.9 Å². The van der Waals surface area contributed by atoms with E-state index < -0.39 is 4.57 Å². The number of aromatic nitrogens is 4. The van der Waals surface area contributed by atoms with Crippen LogP contribution in [-0.4, -0.2) is 19.9 Å². The van der Waals surface area contributed by atoms with Gasteiger partial charge in [-0.25, -0.2) is 19.9 Å². The summed E-state index contributed by atoms with van der Waals surface area (Å²) >= 11 is 3.08. The second-order valence-electron chi connectivity index (χ2n) is 2.75. The molecule has 2 aromatic rings. The molecule has 0 aliphatic rings. The van der Waals surface area contributed by atoms with Crippen molar-refractivity contribution in [3.8, 4) is 0 Å². The Morgan fingerprint density at radius 1 is 1.20 bits per heavy atom. The van der Waals surface area contributed by atoms with Gasteiger partial charge in [0.15, 0.2) is 10.2 Å². The molecule has 80 valence electrons. The van der Waals surface area contributed by atoms with Crippen molar-refractivity contribution in [2.24, 2.45) is 11.5 Å². The van der Waals surface area contributed by atoms with E-state index in [1.165, 1.54) is 12.5 Å². The van der Waals surface area contributed by atoms with Crippen molar-refractivity contribution in [3.63, 3.8) is 0 Å². The number of nitrogens with two attached hydrogens (primary N) is 2. The van der Waals surface area contributed by atoms with E-state index in [1.807, 2.05) is 0 Å². The molecule has 0 bridgehead atoms. The molecule has 0 unspecified atom stereocenters. The van der Waals surface area contributed by atoms with E-state index in [2.05, 4.69) is 35.9 Å². The van der Waals surface area contributed by atoms with E-state index in [4.69, 9.17) is 11.5 Å². The van der Waals surface area contributed by atoms with Crippen molar-refractivity contribution < 1.29 is 0 Å². The van der Waals surface area contributed by atoms with Crippen molar-refractivity contribution in [3.05, 3.63) is 24.4 Å². The Morgan fingerprint density at radius 2 is 1.93 bits per heavy atom. The molecule has 0 aromatic carbocycles. The van der Waals surface area contributed by atoms with Gasteiger partial charge >= 0.3 is 0 Å². The first-order chi connectivity index (χ1) is 6.57. The van der Waals surface area contributed by atoms with Crippen LogP contribution in [0.2, 0.25) is 0 Å². The zero-order chi connectivity index (χ0) is 10.2. The largest absolute Gasteiger partial charge is 0.299 e. The Morgan fingerprint density at radius 3 is 2.60 bits per heavy atom. The lowest BCUT2D eigenvalue weighted by molar-refractivity contribution is 0.685. The van der Waals surface area contributed by atoms with E-state index in [9.17, 15) is 0 Å². The second kappa shape index (κ2) is 4.44. The third-order valence-corrected chi connectivity index (χ3v) is 2.02. The fourth-order valence-corrected chi connectivity index (χ4v) is 1.15. The van der Waals surface area contributed by atoms with Crippen LogP contribution < -0.4 is 11.5 Å². The number of rotatable bonds is 1. The van der Waals surface area contributed by atoms with Crippen LogP contribution in [0.15, 0.2) is 18.7 Å². The van der Waals surface area contributed by atoms with Gasteiger partial charge in [-0.05, 0) is 15.9 Å². The topological polar surface area (TPSA) is 104 Å². The standard InChI is InChI=1S/C7H7BrN6.BrH/c8-7(9,10)5-2-12-6-4(14-5)1-11-3-13-6;/h1-3H,9-10H2;1H. The van der Waals surface area contributed by atoms with Gasteiger partial charge in [0.25, 0.3) is 0 Å². The van der Waals surface area contributed by atoms with Gasteiger partial charge in [0.1, 0.15) is 17.5 Å². The average Bonchev–Trinajstić information content (AvgIpc) is 2.16. The summed E-state index contributed by atoms with van der Waals surface area (Å²) in [4.78, 5) is 16.0. The number of nitrogens with zero attached hydrogens (tertiary/aromatic N) is 4. The molecule has 0 spiro atoms. The van der Waals surface area contributed by atoms with Gasteiger partial charge < -0.3 is 0 Å². The van der Waals surface area contributed by atoms with Crippen molar-refractivity contribution >= 4 is 44.1 Å². The first kappa shape index (κ1) is 12.4. The van der Waals surface area contributed by atoms with Crippen LogP contribution >= 0.6 is 32.9 Å². The minimum Gasteiger partial charge on any atom is -0.299 e. The summed E-state index contributed by atoms with van der Waals surface area (Å²) in [6.07, 6.45) is 4.44. The van der Waals surface area contributed by atoms with Gasteiger partial charge in [0.2, 0.25) is 0 Å². The van der Waals surface area contributed by atoms with Gasteiger partial charge in [-0.2, -0.15) is 0 Å². The van der Waals surface area contributed by atoms with Gasteiger partial charge in [-0.1, -0.05) is 0 Å². The van der Waals surface area contributed by atoms with Gasteiger partial charge in [0, 0.05) is 0 Å². The molecule has 0 saturated heterocycles. The van der Waals surface area contributed by atoms with Crippen LogP contribution in [0.25, 0.3) is 11.2 Å². The van der Waals surface area contributed by atoms with Crippen molar-refractivity contribution in [2.45, 2.75) is 4.57 Å². The number of fused-ring (bicyclic) bond motifs is 1. The van der Waals surface area contributed by atoms with E-state index in [0.717, 1.165) is 0 Å². The number of hydrogen-bond donors (Lipinski definition) is 2. The summed E-state index contributed by atoms with van der Waals surface area (Å²) in [5, 5.41) is 0. The van der Waals surface area contributed by atoms with Gasteiger partial charge in [0.05, 0.1) is 12.4 Å². The zero-order valence-electron chi connectivity index (χ0n) is 7.46. The lowest BCUT2D eigenvalue weighted by Crippen LogP contribution is -2.40. The Bertz CT molecular complexity index is 468. The highest BCUT2D eigenvalue weighted by molar-refractivity contribution is 9.09. The fraction of sp³-hybridized carbons (Fsp3) is 0.143. The summed E-state index contributed by atoms with van der Waals surface area (Å²) in [5.41, 5.74) is 12.7. The van der Waals surface area contributed by atoms with Crippen molar-refractivity contribution in [2.75, 3.05) is 0 Å². The van der Waals surface area contributed by atoms with Crippen molar-refractivity contribution in [1.29, 1.82) is 0 Å². The highest BCUT2D eigenvalue weighted by atomic mass is 79.9. The monoisotopic (exact) mass is 334 g/mol. The van der Waals surface area contributed by atoms with Crippen molar-refractivity contribution in [1.82, 2.24) is 19.9 Å². The van der Waals surface area contributed by atoms with Gasteiger partial charge in [-0.15, -0.1) is 17.0 Å². The molecule has 8 heteroatoms. The highest BCUT2D eigenvalue weighted by Crippen LogP contribution is 2.17. The molecule has 2 aromatic heterocycles. The first-order valence-corrected chi connectivity index (χ1v) is 4.56. The maximum absolute atomic E-state index is 5.60. The summed E-state index contributed by atoms with van der Waals surface area (Å²) < 4.78 is -1.18. The first-order valence-electron chi connectivity index (χ1n) is 3.77. The summed E-state index contributed by atoms with van der Waals surface area (Å²) in [5.74, 6) is 0. The minimum atomic E-state index is -1.18. The average molecular weight is 336 g/mol. The molecule has 6 nitrogen and oxygen atoms in total. The SMILES string of the molecule is Br.NC(N)(Br)c1cnc2ncncc2n1. The van der Waals surface area contributed by atoms with Crippen LogP contribution in [0.1, 0.15) is 5.69 Å². The lowest BCUT2D eigenvalue weighted by Gasteiger charge is -2.14. The molecule has 4 N–H and O–H groups in total. The zero-order valence-corrected chi connectivity index (χ0v) is 10.8. The molecule has 0 radical (unpaired) electrons. The maximum Gasteiger partial charge on any atom is 0.181 e. The normalized spacial score (nSPS) is 11.1. The van der Waals surface area contributed by atoms with E-state index >= 15 is 0 Å². The van der Waals surface area contributed by atoms with E-state index in [-0.39, 0.29) is 17.0 Å². The van der Waals surface area contributed by atoms with Crippen LogP contribution in [0.4, 0.5) is 0 Å². The molecular weight excluding hydrogens is 328 g/mol. The van der Waals surface area contributed by atoms with Crippen LogP contribution in [0.5, 0.6) is 0 Å².